The standard InChI is InChI=1S/C17H36O6Si/c1-5-24(21-15-9-6-12-18-2,22-16-10-7-13-19-3)23-17-11-8-14-20-4/h5H,1,6-17H2,2-4H3. The van der Waals surface area contributed by atoms with Crippen LogP contribution in [0.2, 0.25) is 0 Å². The molecule has 144 valence electrons. The number of hydrogen-bond donors (Lipinski definition) is 0. The summed E-state index contributed by atoms with van der Waals surface area (Å²) in [6.07, 6.45) is 5.61. The highest BCUT2D eigenvalue weighted by Crippen LogP contribution is 2.14. The zero-order valence-corrected chi connectivity index (χ0v) is 16.7. The fraction of sp³-hybridized carbons (Fsp3) is 0.882. The number of rotatable bonds is 19. The smallest absolute Gasteiger partial charge is 0.385 e. The molecule has 0 saturated carbocycles. The summed E-state index contributed by atoms with van der Waals surface area (Å²) in [5.74, 6) is 0. The Balaban J connectivity index is 4.26. The van der Waals surface area contributed by atoms with Crippen LogP contribution in [0.5, 0.6) is 0 Å². The van der Waals surface area contributed by atoms with Gasteiger partial charge in [0.1, 0.15) is 0 Å². The van der Waals surface area contributed by atoms with Crippen LogP contribution in [0.15, 0.2) is 12.3 Å². The predicted octanol–water partition coefficient (Wildman–Crippen LogP) is 2.98. The van der Waals surface area contributed by atoms with Gasteiger partial charge in [-0.1, -0.05) is 6.58 Å². The summed E-state index contributed by atoms with van der Waals surface area (Å²) in [5, 5.41) is 0. The molecule has 0 rings (SSSR count). The van der Waals surface area contributed by atoms with Crippen molar-refractivity contribution in [3.05, 3.63) is 12.3 Å². The van der Waals surface area contributed by atoms with E-state index >= 15 is 0 Å². The predicted molar refractivity (Wildman–Crippen MR) is 97.1 cm³/mol. The Labute approximate surface area is 148 Å². The summed E-state index contributed by atoms with van der Waals surface area (Å²) < 4.78 is 33.2. The second-order valence-corrected chi connectivity index (χ2v) is 7.93. The third-order valence-corrected chi connectivity index (χ3v) is 5.71. The van der Waals surface area contributed by atoms with Gasteiger partial charge >= 0.3 is 8.80 Å². The van der Waals surface area contributed by atoms with E-state index in [0.717, 1.165) is 58.3 Å². The van der Waals surface area contributed by atoms with Crippen LogP contribution in [0.3, 0.4) is 0 Å². The third-order valence-electron chi connectivity index (χ3n) is 3.39. The van der Waals surface area contributed by atoms with E-state index in [1.807, 2.05) is 0 Å². The van der Waals surface area contributed by atoms with Gasteiger partial charge in [0.05, 0.1) is 0 Å². The number of ether oxygens (including phenoxy) is 3. The Bertz CT molecular complexity index is 242. The average Bonchev–Trinajstić information content (AvgIpc) is 2.60. The van der Waals surface area contributed by atoms with E-state index in [1.54, 1.807) is 27.0 Å². The van der Waals surface area contributed by atoms with Gasteiger partial charge in [0.2, 0.25) is 0 Å². The molecule has 0 radical (unpaired) electrons. The molecule has 0 aliphatic carbocycles. The molecule has 0 aromatic rings. The van der Waals surface area contributed by atoms with Crippen molar-refractivity contribution in [2.45, 2.75) is 38.5 Å². The van der Waals surface area contributed by atoms with Crippen LogP contribution >= 0.6 is 0 Å². The second-order valence-electron chi connectivity index (χ2n) is 5.45. The Hall–Kier alpha value is -0.283. The van der Waals surface area contributed by atoms with Crippen LogP contribution in [0, 0.1) is 0 Å². The summed E-state index contributed by atoms with van der Waals surface area (Å²) in [6, 6.07) is 0. The fourth-order valence-corrected chi connectivity index (χ4v) is 3.88. The van der Waals surface area contributed by atoms with Gasteiger partial charge in [-0.3, -0.25) is 0 Å². The van der Waals surface area contributed by atoms with Crippen molar-refractivity contribution < 1.29 is 27.5 Å². The third kappa shape index (κ3) is 13.1. The number of unbranched alkanes of at least 4 members (excludes halogenated alkanes) is 3. The quantitative estimate of drug-likeness (QED) is 0.259. The highest BCUT2D eigenvalue weighted by Gasteiger charge is 2.37. The highest BCUT2D eigenvalue weighted by atomic mass is 28.4. The molecule has 0 saturated heterocycles. The Morgan fingerprint density at radius 2 is 0.875 bits per heavy atom. The lowest BCUT2D eigenvalue weighted by Gasteiger charge is -2.27. The average molecular weight is 365 g/mol. The SMILES string of the molecule is C=C[Si](OCCCCOC)(OCCCCOC)OCCCCOC. The molecule has 0 aromatic heterocycles. The first-order chi connectivity index (χ1) is 11.7. The summed E-state index contributed by atoms with van der Waals surface area (Å²) in [5.41, 5.74) is 1.73. The lowest BCUT2D eigenvalue weighted by atomic mass is 10.3. The van der Waals surface area contributed by atoms with Gasteiger partial charge in [-0.15, -0.1) is 0 Å². The van der Waals surface area contributed by atoms with E-state index < -0.39 is 8.80 Å². The van der Waals surface area contributed by atoms with Gasteiger partial charge in [0.15, 0.2) is 0 Å². The molecule has 24 heavy (non-hydrogen) atoms. The van der Waals surface area contributed by atoms with Gasteiger partial charge in [-0.2, -0.15) is 0 Å². The first-order valence-corrected chi connectivity index (χ1v) is 10.6. The van der Waals surface area contributed by atoms with Crippen molar-refractivity contribution in [3.8, 4) is 0 Å². The zero-order chi connectivity index (χ0) is 17.9. The molecule has 7 heteroatoms. The molecule has 0 aliphatic heterocycles. The maximum atomic E-state index is 6.00. The van der Waals surface area contributed by atoms with Crippen molar-refractivity contribution in [2.75, 3.05) is 61.0 Å². The van der Waals surface area contributed by atoms with Crippen molar-refractivity contribution >= 4 is 8.80 Å². The number of methoxy groups -OCH3 is 3. The summed E-state index contributed by atoms with van der Waals surface area (Å²) in [4.78, 5) is 0. The first-order valence-electron chi connectivity index (χ1n) is 8.77. The molecular weight excluding hydrogens is 328 g/mol. The van der Waals surface area contributed by atoms with Crippen LogP contribution in [0.25, 0.3) is 0 Å². The molecule has 0 aliphatic rings. The van der Waals surface area contributed by atoms with Gasteiger partial charge in [0, 0.05) is 61.0 Å². The molecule has 0 spiro atoms. The molecule has 0 heterocycles. The normalized spacial score (nSPS) is 11.8. The lowest BCUT2D eigenvalue weighted by molar-refractivity contribution is 0.0622. The minimum absolute atomic E-state index is 0.595. The summed E-state index contributed by atoms with van der Waals surface area (Å²) in [7, 11) is 2.30. The van der Waals surface area contributed by atoms with Gasteiger partial charge in [0.25, 0.3) is 0 Å². The summed E-state index contributed by atoms with van der Waals surface area (Å²) >= 11 is 0. The van der Waals surface area contributed by atoms with Crippen molar-refractivity contribution in [1.29, 1.82) is 0 Å². The second kappa shape index (κ2) is 17.5. The molecule has 0 bridgehead atoms. The zero-order valence-electron chi connectivity index (χ0n) is 15.7. The summed E-state index contributed by atoms with van der Waals surface area (Å²) in [6.45, 7) is 7.89. The lowest BCUT2D eigenvalue weighted by Crippen LogP contribution is -2.45. The van der Waals surface area contributed by atoms with Crippen LogP contribution in [-0.2, 0) is 27.5 Å². The molecular formula is C17H36O6Si. The fourth-order valence-electron chi connectivity index (χ4n) is 1.99. The van der Waals surface area contributed by atoms with Crippen LogP contribution in [-0.4, -0.2) is 69.8 Å². The van der Waals surface area contributed by atoms with E-state index in [-0.39, 0.29) is 0 Å². The topological polar surface area (TPSA) is 55.4 Å². The van der Waals surface area contributed by atoms with Gasteiger partial charge < -0.3 is 27.5 Å². The molecule has 0 unspecified atom stereocenters. The molecule has 0 fully saturated rings. The van der Waals surface area contributed by atoms with Crippen molar-refractivity contribution in [3.63, 3.8) is 0 Å². The number of hydrogen-bond acceptors (Lipinski definition) is 6. The van der Waals surface area contributed by atoms with Crippen LogP contribution in [0.4, 0.5) is 0 Å². The molecule has 6 nitrogen and oxygen atoms in total. The van der Waals surface area contributed by atoms with Crippen molar-refractivity contribution in [2.24, 2.45) is 0 Å². The maximum absolute atomic E-state index is 6.00. The van der Waals surface area contributed by atoms with Gasteiger partial charge in [-0.05, 0) is 44.2 Å². The van der Waals surface area contributed by atoms with Crippen LogP contribution in [0.1, 0.15) is 38.5 Å². The Kier molecular flexibility index (Phi) is 17.3. The van der Waals surface area contributed by atoms with E-state index in [0.29, 0.717) is 19.8 Å². The van der Waals surface area contributed by atoms with E-state index in [2.05, 4.69) is 6.58 Å². The maximum Gasteiger partial charge on any atom is 0.529 e. The minimum atomic E-state index is -2.81. The Morgan fingerprint density at radius 1 is 0.583 bits per heavy atom. The minimum Gasteiger partial charge on any atom is -0.385 e. The molecule has 0 amide bonds. The van der Waals surface area contributed by atoms with Crippen molar-refractivity contribution in [1.82, 2.24) is 0 Å². The molecule has 0 aromatic carbocycles. The Morgan fingerprint density at radius 3 is 1.12 bits per heavy atom. The van der Waals surface area contributed by atoms with E-state index in [1.165, 1.54) is 0 Å². The van der Waals surface area contributed by atoms with E-state index in [9.17, 15) is 0 Å². The first kappa shape index (κ1) is 23.7. The molecule has 0 atom stereocenters. The monoisotopic (exact) mass is 364 g/mol. The van der Waals surface area contributed by atoms with Crippen LogP contribution < -0.4 is 0 Å². The largest absolute Gasteiger partial charge is 0.529 e. The molecule has 0 N–H and O–H groups in total. The highest BCUT2D eigenvalue weighted by molar-refractivity contribution is 6.66. The van der Waals surface area contributed by atoms with E-state index in [4.69, 9.17) is 27.5 Å². The van der Waals surface area contributed by atoms with Gasteiger partial charge in [-0.25, -0.2) is 0 Å².